The average molecular weight is 1570 g/mol. The smallest absolute Gasteiger partial charge is 0.267 e. The highest BCUT2D eigenvalue weighted by atomic mass is 16.5. The number of morpholine rings is 1. The van der Waals surface area contributed by atoms with E-state index in [-0.39, 0.29) is 12.5 Å². The molecule has 1 aliphatic heterocycles. The third-order valence-electron chi connectivity index (χ3n) is 18.9. The molecule has 28 heteroatoms. The largest absolute Gasteiger partial charge is 0.396 e. The Balaban J connectivity index is 0.000000155. The van der Waals surface area contributed by atoms with E-state index in [0.29, 0.717) is 6.42 Å². The minimum atomic E-state index is -0.573. The molecule has 0 spiro atoms. The van der Waals surface area contributed by atoms with Crippen LogP contribution in [-0.4, -0.2) is 153 Å². The van der Waals surface area contributed by atoms with Crippen LogP contribution >= 0.6 is 0 Å². The van der Waals surface area contributed by atoms with E-state index in [4.69, 9.17) is 45.8 Å². The standard InChI is InChI=1S/C24H28N4O3.C19H19N3O2.C18H17N3O2.C16H21N3O3.C11H11N3O2/c29-24(26-30)11-8-20-6-9-22-21(18-20)25-23(10-7-19-4-2-1-3-5-19)28(22)13-12-27-14-16-31-17-15-27;1-22-17-10-7-15(9-12-19(23)21-24)13-16(17)20-18(22)11-8-14-5-3-2-4-6-14;22-18(21-23)11-8-14-6-9-15-16(12-14)20-17(19-15)10-7-13-4-2-1-3-5-13;1-11(2)16-17-13-10-12(5-7-15(21)18-22)4-6-14(13)19(16)8-3-9-20;1-14-7-12-9-6-8(2-4-10(9)14)3-5-11(15)13-16/h1-6,8-9,11,18,30H,7,10,12-17H2,(H,26,29);2-7,9-10,12-13,24H,8,11H2,1H3,(H,21,23);1-6,8-9,11-12,23H,7,10H2,(H,19,20)(H,21,22);4-7,10-11,20,22H,3,8-9H2,1-2H3,(H,18,21);2-7,16H,1H3,(H,13,15)/b11-8+;12-9+;11-8+;7-5+;5-3+. The average Bonchev–Trinajstić information content (AvgIpc) is 1.65. The van der Waals surface area contributed by atoms with Gasteiger partial charge in [0.15, 0.2) is 0 Å². The normalized spacial score (nSPS) is 12.3. The van der Waals surface area contributed by atoms with Crippen molar-refractivity contribution in [3.8, 4) is 0 Å². The first-order valence-corrected chi connectivity index (χ1v) is 37.9. The Morgan fingerprint density at radius 1 is 0.440 bits per heavy atom. The molecule has 0 atom stereocenters. The molecule has 1 aliphatic rings. The maximum atomic E-state index is 11.3. The Kier molecular flexibility index (Phi) is 32.2. The van der Waals surface area contributed by atoms with E-state index >= 15 is 0 Å². The second-order valence-corrected chi connectivity index (χ2v) is 27.4. The van der Waals surface area contributed by atoms with Gasteiger partial charge in [-0.1, -0.05) is 135 Å². The zero-order chi connectivity index (χ0) is 82.1. The van der Waals surface area contributed by atoms with Crippen LogP contribution in [0, 0.1) is 0 Å². The van der Waals surface area contributed by atoms with Gasteiger partial charge in [-0.15, -0.1) is 0 Å². The number of rotatable bonds is 26. The number of aromatic nitrogens is 10. The number of nitrogens with one attached hydrogen (secondary N) is 6. The molecule has 28 nitrogen and oxygen atoms in total. The molecule has 1 saturated heterocycles. The third kappa shape index (κ3) is 25.2. The fraction of sp³-hybridized carbons (Fsp3) is 0.227. The van der Waals surface area contributed by atoms with Crippen molar-refractivity contribution in [2.75, 3.05) is 39.5 Å². The van der Waals surface area contributed by atoms with Crippen molar-refractivity contribution in [2.24, 2.45) is 14.1 Å². The molecular formula is C88H96N16O12. The summed E-state index contributed by atoms with van der Waals surface area (Å²) in [5.41, 5.74) is 25.5. The van der Waals surface area contributed by atoms with Crippen LogP contribution in [0.3, 0.4) is 0 Å². The maximum Gasteiger partial charge on any atom is 0.267 e. The van der Waals surface area contributed by atoms with Crippen LogP contribution in [0.1, 0.15) is 94.0 Å². The van der Waals surface area contributed by atoms with E-state index in [1.807, 2.05) is 146 Å². The Morgan fingerprint density at radius 2 is 0.853 bits per heavy atom. The summed E-state index contributed by atoms with van der Waals surface area (Å²) in [5, 5.41) is 51.5. The molecule has 0 aliphatic carbocycles. The van der Waals surface area contributed by atoms with E-state index in [9.17, 15) is 24.0 Å². The first kappa shape index (κ1) is 85.3. The number of hydrogen-bond donors (Lipinski definition) is 12. The minimum Gasteiger partial charge on any atom is -0.396 e. The van der Waals surface area contributed by atoms with Crippen LogP contribution in [0.5, 0.6) is 0 Å². The fourth-order valence-electron chi connectivity index (χ4n) is 12.9. The second kappa shape index (κ2) is 43.8. The number of carbonyl (C=O) groups is 5. The van der Waals surface area contributed by atoms with Gasteiger partial charge in [0, 0.05) is 109 Å². The summed E-state index contributed by atoms with van der Waals surface area (Å²) < 4.78 is 13.9. The maximum absolute atomic E-state index is 11.3. The van der Waals surface area contributed by atoms with Crippen LogP contribution in [0.4, 0.5) is 0 Å². The van der Waals surface area contributed by atoms with Crippen molar-refractivity contribution in [2.45, 2.75) is 77.8 Å². The quantitative estimate of drug-likeness (QED) is 0.0136. The molecule has 5 amide bonds. The number of hydroxylamine groups is 5. The summed E-state index contributed by atoms with van der Waals surface area (Å²) in [6.07, 6.45) is 22.3. The van der Waals surface area contributed by atoms with Crippen molar-refractivity contribution < 1.29 is 59.9 Å². The first-order valence-electron chi connectivity index (χ1n) is 37.9. The number of ether oxygens (including phenoxy) is 1. The lowest BCUT2D eigenvalue weighted by Crippen LogP contribution is -2.38. The lowest BCUT2D eigenvalue weighted by Gasteiger charge is -2.27. The molecule has 0 unspecified atom stereocenters. The SMILES string of the molecule is CC(C)c1nc2cc(/C=C/C(=O)NO)ccc2n1CCCO.Cn1c(CCc2ccccc2)nc2cc(/C=C/C(=O)NO)ccc21.Cn1cnc2cc(/C=C/C(=O)NO)ccc21.O=C(/C=C/c1ccc2c(c1)nc(CCc1ccccc1)n2CCN1CCOCC1)NO.O=C(/C=C/c1ccc2nc(CCc3ccccc3)[nH]c2c1)NO. The van der Waals surface area contributed by atoms with Gasteiger partial charge in [0.25, 0.3) is 29.5 Å². The van der Waals surface area contributed by atoms with Crippen LogP contribution in [0.2, 0.25) is 0 Å². The number of aryl methyl sites for hydroxylation is 9. The number of amides is 5. The number of benzene rings is 8. The summed E-state index contributed by atoms with van der Waals surface area (Å²) in [7, 11) is 3.94. The van der Waals surface area contributed by atoms with Crippen molar-refractivity contribution >= 4 is 115 Å². The Hall–Kier alpha value is -13.2. The van der Waals surface area contributed by atoms with Crippen molar-refractivity contribution in [3.05, 3.63) is 287 Å². The Labute approximate surface area is 670 Å². The summed E-state index contributed by atoms with van der Waals surface area (Å²) in [4.78, 5) is 84.0. The fourth-order valence-corrected chi connectivity index (χ4v) is 12.9. The molecule has 12 N–H and O–H groups in total. The van der Waals surface area contributed by atoms with E-state index < -0.39 is 29.5 Å². The van der Waals surface area contributed by atoms with Gasteiger partial charge in [0.2, 0.25) is 0 Å². The number of aliphatic hydroxyl groups excluding tert-OH is 1. The first-order chi connectivity index (χ1) is 56.4. The van der Waals surface area contributed by atoms with E-state index in [1.165, 1.54) is 52.6 Å². The van der Waals surface area contributed by atoms with Crippen molar-refractivity contribution in [1.29, 1.82) is 0 Å². The van der Waals surface area contributed by atoms with Crippen LogP contribution in [0.15, 0.2) is 219 Å². The number of carbonyl (C=O) groups excluding carboxylic acids is 5. The van der Waals surface area contributed by atoms with E-state index in [1.54, 1.807) is 58.6 Å². The molecule has 6 heterocycles. The number of H-pyrrole nitrogens is 1. The number of aromatic amines is 1. The number of hydrogen-bond acceptors (Lipinski definition) is 18. The minimum absolute atomic E-state index is 0.147. The number of fused-ring (bicyclic) bond motifs is 5. The van der Waals surface area contributed by atoms with E-state index in [0.717, 1.165) is 191 Å². The number of nitrogens with zero attached hydrogens (tertiary/aromatic N) is 10. The van der Waals surface area contributed by atoms with Crippen molar-refractivity contribution in [1.82, 2.24) is 80.5 Å². The summed E-state index contributed by atoms with van der Waals surface area (Å²) in [5.74, 6) is 1.51. The summed E-state index contributed by atoms with van der Waals surface area (Å²) >= 11 is 0. The highest BCUT2D eigenvalue weighted by Gasteiger charge is 2.18. The van der Waals surface area contributed by atoms with Gasteiger partial charge in [0.05, 0.1) is 74.7 Å². The molecule has 0 radical (unpaired) electrons. The van der Waals surface area contributed by atoms with E-state index in [2.05, 4.69) is 107 Å². The topological polar surface area (TPSA) is 379 Å². The molecule has 8 aromatic carbocycles. The number of aliphatic hydroxyl groups is 1. The van der Waals surface area contributed by atoms with Gasteiger partial charge in [-0.3, -0.25) is 54.9 Å². The third-order valence-corrected chi connectivity index (χ3v) is 18.9. The predicted molar refractivity (Wildman–Crippen MR) is 446 cm³/mol. The summed E-state index contributed by atoms with van der Waals surface area (Å²) in [6, 6.07) is 60.1. The van der Waals surface area contributed by atoms with Crippen LogP contribution in [-0.2, 0) is 94.4 Å². The lowest BCUT2D eigenvalue weighted by molar-refractivity contribution is -0.124. The molecule has 13 aromatic rings. The zero-order valence-corrected chi connectivity index (χ0v) is 65.0. The molecule has 5 aromatic heterocycles. The highest BCUT2D eigenvalue weighted by Crippen LogP contribution is 2.26. The highest BCUT2D eigenvalue weighted by molar-refractivity contribution is 5.95. The monoisotopic (exact) mass is 1570 g/mol. The van der Waals surface area contributed by atoms with Crippen LogP contribution < -0.4 is 27.4 Å². The van der Waals surface area contributed by atoms with Gasteiger partial charge in [0.1, 0.15) is 23.3 Å². The molecule has 0 bridgehead atoms. The lowest BCUT2D eigenvalue weighted by atomic mass is 10.1. The Morgan fingerprint density at radius 3 is 1.34 bits per heavy atom. The summed E-state index contributed by atoms with van der Waals surface area (Å²) in [6.45, 7) is 10.4. The number of imidazole rings is 5. The van der Waals surface area contributed by atoms with Gasteiger partial charge in [-0.25, -0.2) is 52.3 Å². The molecule has 1 fully saturated rings. The van der Waals surface area contributed by atoms with Gasteiger partial charge in [-0.2, -0.15) is 0 Å². The zero-order valence-electron chi connectivity index (χ0n) is 65.0. The van der Waals surface area contributed by atoms with Gasteiger partial charge in [-0.05, 0) is 161 Å². The molecular weight excluding hydrogens is 1470 g/mol. The van der Waals surface area contributed by atoms with Crippen LogP contribution in [0.25, 0.3) is 85.5 Å². The van der Waals surface area contributed by atoms with Crippen molar-refractivity contribution in [3.63, 3.8) is 0 Å². The molecule has 116 heavy (non-hydrogen) atoms. The molecule has 14 rings (SSSR count). The van der Waals surface area contributed by atoms with Gasteiger partial charge < -0.3 is 33.1 Å². The van der Waals surface area contributed by atoms with Gasteiger partial charge >= 0.3 is 0 Å². The molecule has 600 valence electrons. The second-order valence-electron chi connectivity index (χ2n) is 27.4. The Bertz CT molecular complexity index is 5580. The molecule has 0 saturated carbocycles. The predicted octanol–water partition coefficient (Wildman–Crippen LogP) is 11.6.